The number of allylic oxidation sites excluding steroid dienone is 1. The Bertz CT molecular complexity index is 1310. The minimum atomic E-state index is -0.955. The summed E-state index contributed by atoms with van der Waals surface area (Å²) in [5.41, 5.74) is 8.95. The zero-order chi connectivity index (χ0) is 26.4. The number of hydrogen-bond donors (Lipinski definition) is 3. The molecule has 0 bridgehead atoms. The summed E-state index contributed by atoms with van der Waals surface area (Å²) in [6.45, 7) is 7.29. The van der Waals surface area contributed by atoms with E-state index in [1.807, 2.05) is 25.3 Å². The summed E-state index contributed by atoms with van der Waals surface area (Å²) in [6.07, 6.45) is 8.00. The van der Waals surface area contributed by atoms with Gasteiger partial charge >= 0.3 is 5.97 Å². The summed E-state index contributed by atoms with van der Waals surface area (Å²) in [6, 6.07) is 23.8. The summed E-state index contributed by atoms with van der Waals surface area (Å²) in [5, 5.41) is 20.1. The molecule has 5 heteroatoms. The second-order valence-corrected chi connectivity index (χ2v) is 9.44. The molecule has 0 radical (unpaired) electrons. The van der Waals surface area contributed by atoms with Crippen molar-refractivity contribution in [2.45, 2.75) is 45.7 Å². The third kappa shape index (κ3) is 5.83. The van der Waals surface area contributed by atoms with E-state index in [9.17, 15) is 4.79 Å². The van der Waals surface area contributed by atoms with Crippen LogP contribution >= 0.6 is 0 Å². The van der Waals surface area contributed by atoms with Crippen molar-refractivity contribution < 1.29 is 9.90 Å². The number of aryl methyl sites for hydroxylation is 1. The van der Waals surface area contributed by atoms with Crippen LogP contribution in [-0.4, -0.2) is 29.9 Å². The highest BCUT2D eigenvalue weighted by molar-refractivity contribution is 6.08. The van der Waals surface area contributed by atoms with Crippen LogP contribution in [0.5, 0.6) is 0 Å². The Hall–Kier alpha value is -4.12. The number of hydrogen-bond acceptors (Lipinski definition) is 4. The van der Waals surface area contributed by atoms with Gasteiger partial charge in [-0.25, -0.2) is 4.79 Å². The molecule has 0 saturated carbocycles. The lowest BCUT2D eigenvalue weighted by Crippen LogP contribution is -2.43. The van der Waals surface area contributed by atoms with Crippen molar-refractivity contribution in [1.82, 2.24) is 5.32 Å². The molecular formula is C32H35N3O2. The van der Waals surface area contributed by atoms with Crippen LogP contribution in [0.15, 0.2) is 79.0 Å². The number of aliphatic carboxylic acids is 1. The van der Waals surface area contributed by atoms with Crippen LogP contribution in [0.2, 0.25) is 0 Å². The van der Waals surface area contributed by atoms with E-state index in [1.54, 1.807) is 6.08 Å². The van der Waals surface area contributed by atoms with Crippen LogP contribution < -0.4 is 10.2 Å². The van der Waals surface area contributed by atoms with Gasteiger partial charge in [0, 0.05) is 42.3 Å². The molecule has 0 aliphatic carbocycles. The number of carboxylic acid groups (broad SMARTS) is 1. The van der Waals surface area contributed by atoms with Gasteiger partial charge in [-0.15, -0.1) is 0 Å². The summed E-state index contributed by atoms with van der Waals surface area (Å²) in [4.78, 5) is 13.4. The summed E-state index contributed by atoms with van der Waals surface area (Å²) >= 11 is 0. The first-order valence-corrected chi connectivity index (χ1v) is 12.9. The van der Waals surface area contributed by atoms with Crippen molar-refractivity contribution in [1.29, 1.82) is 5.41 Å². The van der Waals surface area contributed by atoms with Crippen LogP contribution in [0.4, 0.5) is 5.69 Å². The lowest BCUT2D eigenvalue weighted by Gasteiger charge is -2.44. The largest absolute Gasteiger partial charge is 0.478 e. The van der Waals surface area contributed by atoms with Gasteiger partial charge in [0.25, 0.3) is 0 Å². The Kier molecular flexibility index (Phi) is 8.24. The van der Waals surface area contributed by atoms with Crippen LogP contribution in [0.1, 0.15) is 60.2 Å². The first-order chi connectivity index (χ1) is 17.9. The second kappa shape index (κ2) is 11.7. The fourth-order valence-electron chi connectivity index (χ4n) is 5.07. The van der Waals surface area contributed by atoms with Crippen LogP contribution in [0.3, 0.4) is 0 Å². The van der Waals surface area contributed by atoms with Gasteiger partial charge in [-0.3, -0.25) is 0 Å². The van der Waals surface area contributed by atoms with E-state index in [1.165, 1.54) is 28.6 Å². The molecule has 1 aliphatic heterocycles. The van der Waals surface area contributed by atoms with Crippen LogP contribution in [0.25, 0.3) is 11.6 Å². The maximum Gasteiger partial charge on any atom is 0.328 e. The average molecular weight is 494 g/mol. The maximum absolute atomic E-state index is 10.9. The molecule has 190 valence electrons. The fourth-order valence-corrected chi connectivity index (χ4v) is 5.07. The van der Waals surface area contributed by atoms with Gasteiger partial charge in [-0.05, 0) is 78.3 Å². The van der Waals surface area contributed by atoms with E-state index in [0.717, 1.165) is 47.7 Å². The molecule has 3 aromatic rings. The van der Waals surface area contributed by atoms with E-state index in [-0.39, 0.29) is 12.1 Å². The smallest absolute Gasteiger partial charge is 0.328 e. The van der Waals surface area contributed by atoms with Crippen molar-refractivity contribution in [2.75, 3.05) is 11.4 Å². The van der Waals surface area contributed by atoms with Gasteiger partial charge in [0.05, 0.1) is 6.04 Å². The molecule has 0 amide bonds. The molecule has 3 aromatic carbocycles. The van der Waals surface area contributed by atoms with E-state index in [4.69, 9.17) is 10.5 Å². The monoisotopic (exact) mass is 493 g/mol. The topological polar surface area (TPSA) is 76.4 Å². The lowest BCUT2D eigenvalue weighted by atomic mass is 9.83. The molecule has 4 rings (SSSR count). The van der Waals surface area contributed by atoms with Crippen molar-refractivity contribution in [3.63, 3.8) is 0 Å². The molecule has 1 aliphatic rings. The van der Waals surface area contributed by atoms with Gasteiger partial charge in [0.2, 0.25) is 0 Å². The number of benzene rings is 3. The van der Waals surface area contributed by atoms with Gasteiger partial charge in [-0.1, -0.05) is 61.5 Å². The predicted molar refractivity (Wildman–Crippen MR) is 153 cm³/mol. The highest BCUT2D eigenvalue weighted by atomic mass is 16.4. The van der Waals surface area contributed by atoms with Gasteiger partial charge in [0.15, 0.2) is 0 Å². The standard InChI is InChI=1S/C32H35N3O2/c1-4-23-8-14-29(15-9-23)35-22(3)18-27-19-26(28(20-33)21-34-5-2)13-16-30(27)32(35)25-11-6-24(7-12-25)10-17-31(36)37/h6-17,19-22,32-34H,4-5,18H2,1-3H3,(H,36,37)/b17-10+,28-21+,33-20?. The predicted octanol–water partition coefficient (Wildman–Crippen LogP) is 6.49. The number of nitrogens with one attached hydrogen (secondary N) is 2. The van der Waals surface area contributed by atoms with Gasteiger partial charge < -0.3 is 20.7 Å². The normalized spacial score (nSPS) is 17.5. The number of fused-ring (bicyclic) bond motifs is 1. The zero-order valence-corrected chi connectivity index (χ0v) is 21.7. The maximum atomic E-state index is 10.9. The van der Waals surface area contributed by atoms with Crippen molar-refractivity contribution in [3.05, 3.63) is 112 Å². The molecule has 3 N–H and O–H groups in total. The fraction of sp³-hybridized carbons (Fsp3) is 0.250. The Morgan fingerprint density at radius 1 is 1.08 bits per heavy atom. The number of carboxylic acids is 1. The second-order valence-electron chi connectivity index (χ2n) is 9.44. The number of rotatable bonds is 9. The molecule has 2 atom stereocenters. The Balaban J connectivity index is 1.81. The Morgan fingerprint density at radius 3 is 2.43 bits per heavy atom. The van der Waals surface area contributed by atoms with Crippen molar-refractivity contribution in [3.8, 4) is 0 Å². The molecule has 0 fully saturated rings. The highest BCUT2D eigenvalue weighted by Crippen LogP contribution is 2.42. The number of anilines is 1. The summed E-state index contributed by atoms with van der Waals surface area (Å²) in [7, 11) is 0. The Morgan fingerprint density at radius 2 is 1.81 bits per heavy atom. The number of carbonyl (C=O) groups is 1. The summed E-state index contributed by atoms with van der Waals surface area (Å²) in [5.74, 6) is -0.955. The molecule has 0 spiro atoms. The van der Waals surface area contributed by atoms with Gasteiger partial charge in [0.1, 0.15) is 0 Å². The van der Waals surface area contributed by atoms with Crippen molar-refractivity contribution in [2.24, 2.45) is 0 Å². The highest BCUT2D eigenvalue weighted by Gasteiger charge is 2.33. The molecule has 1 heterocycles. The lowest BCUT2D eigenvalue weighted by molar-refractivity contribution is -0.131. The summed E-state index contributed by atoms with van der Waals surface area (Å²) < 4.78 is 0. The molecule has 37 heavy (non-hydrogen) atoms. The molecule has 2 unspecified atom stereocenters. The van der Waals surface area contributed by atoms with E-state index in [2.05, 4.69) is 78.7 Å². The third-order valence-electron chi connectivity index (χ3n) is 6.97. The molecule has 0 saturated heterocycles. The van der Waals surface area contributed by atoms with Crippen LogP contribution in [-0.2, 0) is 17.6 Å². The molecule has 0 aromatic heterocycles. The molecule has 5 nitrogen and oxygen atoms in total. The minimum absolute atomic E-state index is 0.0129. The first-order valence-electron chi connectivity index (χ1n) is 12.9. The van der Waals surface area contributed by atoms with Gasteiger partial charge in [-0.2, -0.15) is 0 Å². The quantitative estimate of drug-likeness (QED) is 0.235. The van der Waals surface area contributed by atoms with E-state index >= 15 is 0 Å². The Labute approximate surface area is 219 Å². The van der Waals surface area contributed by atoms with Crippen molar-refractivity contribution >= 4 is 29.5 Å². The molecular weight excluding hydrogens is 458 g/mol. The van der Waals surface area contributed by atoms with E-state index in [0.29, 0.717) is 0 Å². The average Bonchev–Trinajstić information content (AvgIpc) is 2.92. The zero-order valence-electron chi connectivity index (χ0n) is 21.7. The first kappa shape index (κ1) is 26.0. The van der Waals surface area contributed by atoms with Crippen LogP contribution in [0, 0.1) is 5.41 Å². The minimum Gasteiger partial charge on any atom is -0.478 e. The number of nitrogens with zero attached hydrogens (tertiary/aromatic N) is 1. The third-order valence-corrected chi connectivity index (χ3v) is 6.97. The van der Waals surface area contributed by atoms with E-state index < -0.39 is 5.97 Å². The SMILES string of the molecule is CCN/C=C(\C=N)c1ccc2c(c1)CC(C)N(c1ccc(CC)cc1)C2c1ccc(/C=C/C(=O)O)cc1.